The van der Waals surface area contributed by atoms with Gasteiger partial charge in [-0.2, -0.15) is 11.8 Å². The molecule has 0 aromatic carbocycles. The Labute approximate surface area is 69.7 Å². The lowest BCUT2D eigenvalue weighted by molar-refractivity contribution is -0.138. The standard InChI is InChI=1S/C5H11NO2S.H3NO/c1-9-3-2-4(6)5(7)8;1-2/h4H,2-3,6H2,1H3,(H,7,8);2H,1H2/t4-;/m0./s1. The van der Waals surface area contributed by atoms with E-state index in [0.717, 1.165) is 5.75 Å². The topological polar surface area (TPSA) is 110 Å². The highest BCUT2D eigenvalue weighted by Gasteiger charge is 2.08. The molecule has 0 aliphatic carbocycles. The summed E-state index contributed by atoms with van der Waals surface area (Å²) >= 11 is 1.60. The molecule has 6 heteroatoms. The van der Waals surface area contributed by atoms with E-state index in [2.05, 4.69) is 5.90 Å². The smallest absolute Gasteiger partial charge is 0.320 e. The van der Waals surface area contributed by atoms with Crippen LogP contribution in [0, 0.1) is 0 Å². The molecule has 0 saturated heterocycles. The minimum atomic E-state index is -0.913. The second-order valence-electron chi connectivity index (χ2n) is 1.73. The van der Waals surface area contributed by atoms with Crippen LogP contribution in [0.25, 0.3) is 0 Å². The minimum Gasteiger partial charge on any atom is -0.480 e. The molecule has 0 radical (unpaired) electrons. The molecule has 11 heavy (non-hydrogen) atoms. The van der Waals surface area contributed by atoms with E-state index >= 15 is 0 Å². The molecular formula is C5H14N2O3S. The largest absolute Gasteiger partial charge is 0.480 e. The maximum absolute atomic E-state index is 10.1. The zero-order valence-corrected chi connectivity index (χ0v) is 7.17. The third-order valence-corrected chi connectivity index (χ3v) is 1.59. The summed E-state index contributed by atoms with van der Waals surface area (Å²) in [6, 6.07) is -0.683. The molecule has 0 spiro atoms. The molecule has 0 aliphatic rings. The Hall–Kier alpha value is -0.300. The van der Waals surface area contributed by atoms with Crippen molar-refractivity contribution in [3.05, 3.63) is 0 Å². The van der Waals surface area contributed by atoms with E-state index in [1.807, 2.05) is 6.26 Å². The van der Waals surface area contributed by atoms with Crippen LogP contribution in [0.1, 0.15) is 6.42 Å². The third kappa shape index (κ3) is 9.70. The maximum atomic E-state index is 10.1. The first-order chi connectivity index (χ1) is 5.18. The van der Waals surface area contributed by atoms with E-state index in [1.165, 1.54) is 0 Å². The number of carboxylic acids is 1. The Morgan fingerprint density at radius 3 is 2.36 bits per heavy atom. The van der Waals surface area contributed by atoms with Gasteiger partial charge in [-0.3, -0.25) is 4.79 Å². The van der Waals surface area contributed by atoms with Crippen LogP contribution in [0.4, 0.5) is 0 Å². The second kappa shape index (κ2) is 9.70. The molecule has 0 rings (SSSR count). The fourth-order valence-electron chi connectivity index (χ4n) is 0.368. The molecule has 0 fully saturated rings. The fourth-order valence-corrected chi connectivity index (χ4v) is 0.858. The van der Waals surface area contributed by atoms with Crippen molar-refractivity contribution < 1.29 is 15.1 Å². The van der Waals surface area contributed by atoms with Crippen molar-refractivity contribution in [3.63, 3.8) is 0 Å². The molecule has 0 amide bonds. The highest BCUT2D eigenvalue weighted by molar-refractivity contribution is 7.98. The number of hydrogen-bond donors (Lipinski definition) is 4. The van der Waals surface area contributed by atoms with Crippen LogP contribution in [0.2, 0.25) is 0 Å². The van der Waals surface area contributed by atoms with Gasteiger partial charge in [0, 0.05) is 0 Å². The number of nitrogens with two attached hydrogens (primary N) is 2. The molecule has 0 bridgehead atoms. The van der Waals surface area contributed by atoms with Gasteiger partial charge in [-0.1, -0.05) is 0 Å². The first-order valence-corrected chi connectivity index (χ1v) is 4.31. The summed E-state index contributed by atoms with van der Waals surface area (Å²) in [5, 5.41) is 14.8. The summed E-state index contributed by atoms with van der Waals surface area (Å²) < 4.78 is 0. The van der Waals surface area contributed by atoms with E-state index in [9.17, 15) is 4.79 Å². The number of carbonyl (C=O) groups is 1. The lowest BCUT2D eigenvalue weighted by Crippen LogP contribution is -2.30. The van der Waals surface area contributed by atoms with Gasteiger partial charge >= 0.3 is 5.97 Å². The van der Waals surface area contributed by atoms with Gasteiger partial charge < -0.3 is 16.0 Å². The quantitative estimate of drug-likeness (QED) is 0.436. The van der Waals surface area contributed by atoms with Crippen molar-refractivity contribution >= 4 is 17.7 Å². The number of aliphatic carboxylic acids is 1. The van der Waals surface area contributed by atoms with Gasteiger partial charge in [0.05, 0.1) is 0 Å². The molecular weight excluding hydrogens is 168 g/mol. The SMILES string of the molecule is CSCC[C@H](N)C(=O)O.NO. The van der Waals surface area contributed by atoms with Gasteiger partial charge in [0.25, 0.3) is 0 Å². The van der Waals surface area contributed by atoms with Crippen molar-refractivity contribution in [2.75, 3.05) is 12.0 Å². The van der Waals surface area contributed by atoms with Gasteiger partial charge in [-0.25, -0.2) is 5.90 Å². The molecule has 0 unspecified atom stereocenters. The van der Waals surface area contributed by atoms with Crippen LogP contribution in [-0.4, -0.2) is 34.3 Å². The summed E-state index contributed by atoms with van der Waals surface area (Å²) in [6.45, 7) is 0. The van der Waals surface area contributed by atoms with Crippen molar-refractivity contribution in [1.82, 2.24) is 0 Å². The summed E-state index contributed by atoms with van der Waals surface area (Å²) in [7, 11) is 0. The molecule has 68 valence electrons. The first-order valence-electron chi connectivity index (χ1n) is 2.91. The van der Waals surface area contributed by atoms with Crippen molar-refractivity contribution in [1.29, 1.82) is 0 Å². The van der Waals surface area contributed by atoms with Crippen LogP contribution >= 0.6 is 11.8 Å². The van der Waals surface area contributed by atoms with Crippen LogP contribution in [0.15, 0.2) is 0 Å². The van der Waals surface area contributed by atoms with E-state index < -0.39 is 12.0 Å². The molecule has 0 saturated carbocycles. The summed E-state index contributed by atoms with van der Waals surface area (Å²) in [5.41, 5.74) is 5.19. The van der Waals surface area contributed by atoms with Gasteiger partial charge in [0.1, 0.15) is 6.04 Å². The number of carboxylic acid groups (broad SMARTS) is 1. The van der Waals surface area contributed by atoms with E-state index in [1.54, 1.807) is 11.8 Å². The highest BCUT2D eigenvalue weighted by atomic mass is 32.2. The molecule has 1 atom stereocenters. The summed E-state index contributed by atoms with van der Waals surface area (Å²) in [4.78, 5) is 10.1. The third-order valence-electron chi connectivity index (χ3n) is 0.950. The second-order valence-corrected chi connectivity index (χ2v) is 2.71. The number of rotatable bonds is 4. The lowest BCUT2D eigenvalue weighted by Gasteiger charge is -2.02. The molecule has 6 N–H and O–H groups in total. The van der Waals surface area contributed by atoms with Crippen LogP contribution < -0.4 is 11.6 Å². The van der Waals surface area contributed by atoms with Crippen LogP contribution in [0.5, 0.6) is 0 Å². The Balaban J connectivity index is 0. The average molecular weight is 182 g/mol. The summed E-state index contributed by atoms with van der Waals surface area (Å²) in [6.07, 6.45) is 2.48. The van der Waals surface area contributed by atoms with E-state index in [-0.39, 0.29) is 0 Å². The molecule has 0 aliphatic heterocycles. The molecule has 5 nitrogen and oxygen atoms in total. The van der Waals surface area contributed by atoms with Gasteiger partial charge in [0.15, 0.2) is 0 Å². The van der Waals surface area contributed by atoms with Crippen molar-refractivity contribution in [2.45, 2.75) is 12.5 Å². The zero-order valence-electron chi connectivity index (χ0n) is 6.36. The molecule has 0 aromatic heterocycles. The molecule has 0 aromatic rings. The monoisotopic (exact) mass is 182 g/mol. The zero-order chi connectivity index (χ0) is 9.28. The normalized spacial score (nSPS) is 11.3. The maximum Gasteiger partial charge on any atom is 0.320 e. The van der Waals surface area contributed by atoms with E-state index in [4.69, 9.17) is 16.0 Å². The van der Waals surface area contributed by atoms with Crippen molar-refractivity contribution in [2.24, 2.45) is 11.6 Å². The summed E-state index contributed by atoms with van der Waals surface area (Å²) in [5.74, 6) is 3.40. The predicted octanol–water partition coefficient (Wildman–Crippen LogP) is -0.514. The lowest BCUT2D eigenvalue weighted by atomic mass is 10.2. The van der Waals surface area contributed by atoms with Gasteiger partial charge in [-0.05, 0) is 18.4 Å². The van der Waals surface area contributed by atoms with E-state index in [0.29, 0.717) is 6.42 Å². The van der Waals surface area contributed by atoms with Crippen LogP contribution in [0.3, 0.4) is 0 Å². The van der Waals surface area contributed by atoms with Crippen LogP contribution in [-0.2, 0) is 4.79 Å². The van der Waals surface area contributed by atoms with Gasteiger partial charge in [0.2, 0.25) is 0 Å². The first kappa shape index (κ1) is 13.3. The Kier molecular flexibility index (Phi) is 11.7. The number of hydrogen-bond acceptors (Lipinski definition) is 5. The number of thioether (sulfide) groups is 1. The Morgan fingerprint density at radius 2 is 2.09 bits per heavy atom. The predicted molar refractivity (Wildman–Crippen MR) is 44.6 cm³/mol. The van der Waals surface area contributed by atoms with Crippen molar-refractivity contribution in [3.8, 4) is 0 Å². The van der Waals surface area contributed by atoms with Gasteiger partial charge in [-0.15, -0.1) is 0 Å². The fraction of sp³-hybridized carbons (Fsp3) is 0.800. The Morgan fingerprint density at radius 1 is 1.64 bits per heavy atom. The molecule has 0 heterocycles. The highest BCUT2D eigenvalue weighted by Crippen LogP contribution is 1.97. The minimum absolute atomic E-state index is 0.552. The average Bonchev–Trinajstić information content (AvgIpc) is 2.03. The Bertz CT molecular complexity index is 102.